The van der Waals surface area contributed by atoms with Crippen LogP contribution in [0, 0.1) is 17.0 Å². The molecule has 0 aliphatic heterocycles. The summed E-state index contributed by atoms with van der Waals surface area (Å²) in [6, 6.07) is 9.67. The average Bonchev–Trinajstić information content (AvgIpc) is 2.65. The summed E-state index contributed by atoms with van der Waals surface area (Å²) in [5.74, 6) is 0.823. The molecule has 0 aliphatic rings. The van der Waals surface area contributed by atoms with Gasteiger partial charge < -0.3 is 14.8 Å². The van der Waals surface area contributed by atoms with Gasteiger partial charge in [-0.1, -0.05) is 19.1 Å². The van der Waals surface area contributed by atoms with E-state index in [9.17, 15) is 14.9 Å². The van der Waals surface area contributed by atoms with Crippen LogP contribution in [-0.2, 0) is 0 Å². The number of nitrogens with one attached hydrogen (secondary N) is 1. The number of hydrogen-bond acceptors (Lipinski definition) is 5. The molecule has 0 heterocycles. The molecule has 2 aromatic rings. The van der Waals surface area contributed by atoms with Gasteiger partial charge in [-0.25, -0.2) is 0 Å². The Morgan fingerprint density at radius 2 is 1.88 bits per heavy atom. The van der Waals surface area contributed by atoms with Crippen molar-refractivity contribution in [3.05, 3.63) is 63.2 Å². The smallest absolute Gasteiger partial charge is 0.273 e. The number of nitro groups is 1. The highest BCUT2D eigenvalue weighted by Crippen LogP contribution is 2.31. The van der Waals surface area contributed by atoms with Crippen LogP contribution in [0.5, 0.6) is 11.5 Å². The Balaban J connectivity index is 2.29. The molecule has 0 radical (unpaired) electrons. The van der Waals surface area contributed by atoms with Crippen molar-refractivity contribution in [1.82, 2.24) is 5.32 Å². The Morgan fingerprint density at radius 1 is 1.19 bits per heavy atom. The van der Waals surface area contributed by atoms with Crippen LogP contribution in [0.15, 0.2) is 36.4 Å². The van der Waals surface area contributed by atoms with Crippen molar-refractivity contribution in [3.63, 3.8) is 0 Å². The highest BCUT2D eigenvalue weighted by Gasteiger charge is 2.21. The lowest BCUT2D eigenvalue weighted by Gasteiger charge is -2.19. The number of amides is 1. The van der Waals surface area contributed by atoms with Gasteiger partial charge in [-0.15, -0.1) is 0 Å². The molecule has 0 spiro atoms. The van der Waals surface area contributed by atoms with E-state index in [4.69, 9.17) is 9.47 Å². The van der Waals surface area contributed by atoms with E-state index in [1.807, 2.05) is 19.1 Å². The van der Waals surface area contributed by atoms with Gasteiger partial charge in [0.25, 0.3) is 11.6 Å². The third-order valence-electron chi connectivity index (χ3n) is 4.27. The van der Waals surface area contributed by atoms with Gasteiger partial charge in [0.15, 0.2) is 11.5 Å². The van der Waals surface area contributed by atoms with Gasteiger partial charge in [0, 0.05) is 17.2 Å². The summed E-state index contributed by atoms with van der Waals surface area (Å²) >= 11 is 0. The van der Waals surface area contributed by atoms with Crippen LogP contribution in [0.2, 0.25) is 0 Å². The lowest BCUT2D eigenvalue weighted by atomic mass is 10.0. The van der Waals surface area contributed by atoms with E-state index in [2.05, 4.69) is 5.32 Å². The molecule has 0 aromatic heterocycles. The molecular weight excluding hydrogens is 336 g/mol. The molecule has 1 amide bonds. The van der Waals surface area contributed by atoms with Crippen LogP contribution in [0.25, 0.3) is 0 Å². The SMILES string of the molecule is CCC(NC(=O)c1cccc([N+](=O)[O-])c1C)c1ccc(OC)c(OC)c1. The maximum absolute atomic E-state index is 12.7. The molecule has 1 N–H and O–H groups in total. The minimum Gasteiger partial charge on any atom is -0.493 e. The van der Waals surface area contributed by atoms with Crippen molar-refractivity contribution >= 4 is 11.6 Å². The van der Waals surface area contributed by atoms with Crippen molar-refractivity contribution in [2.75, 3.05) is 14.2 Å². The maximum Gasteiger partial charge on any atom is 0.273 e. The lowest BCUT2D eigenvalue weighted by Crippen LogP contribution is -2.28. The molecule has 0 saturated carbocycles. The monoisotopic (exact) mass is 358 g/mol. The number of nitro benzene ring substituents is 1. The summed E-state index contributed by atoms with van der Waals surface area (Å²) in [7, 11) is 3.11. The Labute approximate surface area is 152 Å². The molecule has 26 heavy (non-hydrogen) atoms. The molecule has 2 rings (SSSR count). The fraction of sp³-hybridized carbons (Fsp3) is 0.316. The van der Waals surface area contributed by atoms with Crippen LogP contribution < -0.4 is 14.8 Å². The molecule has 7 nitrogen and oxygen atoms in total. The number of rotatable bonds is 7. The summed E-state index contributed by atoms with van der Waals surface area (Å²) in [5, 5.41) is 14.0. The summed E-state index contributed by atoms with van der Waals surface area (Å²) in [6.45, 7) is 3.52. The number of methoxy groups -OCH3 is 2. The summed E-state index contributed by atoms with van der Waals surface area (Å²) in [5.41, 5.74) is 1.42. The van der Waals surface area contributed by atoms with Crippen LogP contribution >= 0.6 is 0 Å². The fourth-order valence-electron chi connectivity index (χ4n) is 2.79. The molecule has 0 saturated heterocycles. The third-order valence-corrected chi connectivity index (χ3v) is 4.27. The second kappa shape index (κ2) is 8.33. The van der Waals surface area contributed by atoms with Gasteiger partial charge >= 0.3 is 0 Å². The molecule has 0 fully saturated rings. The van der Waals surface area contributed by atoms with Gasteiger partial charge in [-0.2, -0.15) is 0 Å². The molecule has 0 aliphatic carbocycles. The second-order valence-corrected chi connectivity index (χ2v) is 5.76. The van der Waals surface area contributed by atoms with Crippen molar-refractivity contribution < 1.29 is 19.2 Å². The minimum atomic E-state index is -0.488. The Morgan fingerprint density at radius 3 is 2.46 bits per heavy atom. The van der Waals surface area contributed by atoms with Crippen LogP contribution in [0.3, 0.4) is 0 Å². The third kappa shape index (κ3) is 3.93. The van der Waals surface area contributed by atoms with Gasteiger partial charge in [-0.3, -0.25) is 14.9 Å². The van der Waals surface area contributed by atoms with E-state index >= 15 is 0 Å². The number of hydrogen-bond donors (Lipinski definition) is 1. The molecule has 0 bridgehead atoms. The van der Waals surface area contributed by atoms with Gasteiger partial charge in [0.1, 0.15) is 0 Å². The van der Waals surface area contributed by atoms with E-state index in [-0.39, 0.29) is 23.2 Å². The highest BCUT2D eigenvalue weighted by atomic mass is 16.6. The number of benzene rings is 2. The fourth-order valence-corrected chi connectivity index (χ4v) is 2.79. The second-order valence-electron chi connectivity index (χ2n) is 5.76. The van der Waals surface area contributed by atoms with Crippen LogP contribution in [-0.4, -0.2) is 25.1 Å². The van der Waals surface area contributed by atoms with Crippen LogP contribution in [0.1, 0.15) is 40.9 Å². The molecule has 138 valence electrons. The van der Waals surface area contributed by atoms with Crippen molar-refractivity contribution in [3.8, 4) is 11.5 Å². The van der Waals surface area contributed by atoms with Gasteiger partial charge in [0.05, 0.1) is 25.2 Å². The number of nitrogens with zero attached hydrogens (tertiary/aromatic N) is 1. The van der Waals surface area contributed by atoms with E-state index in [0.29, 0.717) is 23.5 Å². The molecule has 1 unspecified atom stereocenters. The Hall–Kier alpha value is -3.09. The maximum atomic E-state index is 12.7. The van der Waals surface area contributed by atoms with E-state index < -0.39 is 4.92 Å². The summed E-state index contributed by atoms with van der Waals surface area (Å²) in [6.07, 6.45) is 0.648. The topological polar surface area (TPSA) is 90.7 Å². The first-order valence-corrected chi connectivity index (χ1v) is 8.19. The number of ether oxygens (including phenoxy) is 2. The number of carbonyl (C=O) groups excluding carboxylic acids is 1. The van der Waals surface area contributed by atoms with Crippen molar-refractivity contribution in [2.24, 2.45) is 0 Å². The van der Waals surface area contributed by atoms with Crippen molar-refractivity contribution in [1.29, 1.82) is 0 Å². The quantitative estimate of drug-likeness (QED) is 0.600. The molecular formula is C19H22N2O5. The number of carbonyl (C=O) groups is 1. The van der Waals surface area contributed by atoms with Crippen molar-refractivity contribution in [2.45, 2.75) is 26.3 Å². The van der Waals surface area contributed by atoms with Crippen LogP contribution in [0.4, 0.5) is 5.69 Å². The summed E-state index contributed by atoms with van der Waals surface area (Å²) < 4.78 is 10.5. The minimum absolute atomic E-state index is 0.0724. The summed E-state index contributed by atoms with van der Waals surface area (Å²) in [4.78, 5) is 23.3. The normalized spacial score (nSPS) is 11.5. The predicted octanol–water partition coefficient (Wildman–Crippen LogP) is 3.80. The zero-order chi connectivity index (χ0) is 19.3. The molecule has 1 atom stereocenters. The lowest BCUT2D eigenvalue weighted by molar-refractivity contribution is -0.385. The predicted molar refractivity (Wildman–Crippen MR) is 97.9 cm³/mol. The zero-order valence-electron chi connectivity index (χ0n) is 15.2. The molecule has 7 heteroatoms. The first-order valence-electron chi connectivity index (χ1n) is 8.19. The standard InChI is InChI=1S/C19H22N2O5/c1-5-15(13-9-10-17(25-3)18(11-13)26-4)20-19(22)14-7-6-8-16(12(14)2)21(23)24/h6-11,15H,5H2,1-4H3,(H,20,22). The first kappa shape index (κ1) is 19.2. The molecule has 2 aromatic carbocycles. The van der Waals surface area contributed by atoms with Gasteiger partial charge in [0.2, 0.25) is 0 Å². The Bertz CT molecular complexity index is 820. The van der Waals surface area contributed by atoms with E-state index in [1.54, 1.807) is 33.3 Å². The first-order chi connectivity index (χ1) is 12.4. The van der Waals surface area contributed by atoms with Gasteiger partial charge in [-0.05, 0) is 37.1 Å². The average molecular weight is 358 g/mol. The van der Waals surface area contributed by atoms with E-state index in [1.165, 1.54) is 12.1 Å². The Kier molecular flexibility index (Phi) is 6.16. The largest absolute Gasteiger partial charge is 0.493 e. The highest BCUT2D eigenvalue weighted by molar-refractivity contribution is 5.96. The zero-order valence-corrected chi connectivity index (χ0v) is 15.2. The van der Waals surface area contributed by atoms with E-state index in [0.717, 1.165) is 5.56 Å².